The van der Waals surface area contributed by atoms with Crippen molar-refractivity contribution >= 4 is 17.3 Å². The number of hydrogen-bond donors (Lipinski definition) is 0. The fourth-order valence-electron chi connectivity index (χ4n) is 2.43. The SMILES string of the molecule is CN(C)c1ccc(N2Cc3cc(F)ccc3C2=O)cc1. The zero-order valence-electron chi connectivity index (χ0n) is 11.4. The molecule has 1 aliphatic heterocycles. The van der Waals surface area contributed by atoms with Crippen molar-refractivity contribution in [3.63, 3.8) is 0 Å². The van der Waals surface area contributed by atoms with Crippen LogP contribution in [-0.4, -0.2) is 20.0 Å². The number of nitrogens with zero attached hydrogens (tertiary/aromatic N) is 2. The number of carbonyl (C=O) groups excluding carboxylic acids is 1. The van der Waals surface area contributed by atoms with E-state index in [1.807, 2.05) is 43.3 Å². The van der Waals surface area contributed by atoms with Crippen LogP contribution in [0.2, 0.25) is 0 Å². The van der Waals surface area contributed by atoms with Crippen LogP contribution < -0.4 is 9.80 Å². The molecule has 0 saturated heterocycles. The number of fused-ring (bicyclic) bond motifs is 1. The number of anilines is 2. The molecule has 0 spiro atoms. The molecule has 3 rings (SSSR count). The summed E-state index contributed by atoms with van der Waals surface area (Å²) in [6.45, 7) is 0.424. The van der Waals surface area contributed by atoms with E-state index in [-0.39, 0.29) is 11.7 Å². The number of halogens is 1. The Bertz CT molecular complexity index is 665. The fourth-order valence-corrected chi connectivity index (χ4v) is 2.43. The zero-order valence-corrected chi connectivity index (χ0v) is 11.4. The third-order valence-corrected chi connectivity index (χ3v) is 3.55. The van der Waals surface area contributed by atoms with Gasteiger partial charge >= 0.3 is 0 Å². The standard InChI is InChI=1S/C16H15FN2O/c1-18(2)13-4-6-14(7-5-13)19-10-11-9-12(17)3-8-15(11)16(19)20/h3-9H,10H2,1-2H3. The van der Waals surface area contributed by atoms with E-state index in [2.05, 4.69) is 0 Å². The highest BCUT2D eigenvalue weighted by atomic mass is 19.1. The maximum atomic E-state index is 13.2. The molecule has 0 atom stereocenters. The first-order valence-electron chi connectivity index (χ1n) is 6.44. The molecule has 0 N–H and O–H groups in total. The maximum absolute atomic E-state index is 13.2. The third kappa shape index (κ3) is 2.03. The number of benzene rings is 2. The molecule has 0 aliphatic carbocycles. The Morgan fingerprint density at radius 1 is 1.10 bits per heavy atom. The highest BCUT2D eigenvalue weighted by Crippen LogP contribution is 2.29. The van der Waals surface area contributed by atoms with Gasteiger partial charge < -0.3 is 9.80 Å². The predicted molar refractivity (Wildman–Crippen MR) is 77.7 cm³/mol. The van der Waals surface area contributed by atoms with Gasteiger partial charge in [0.15, 0.2) is 0 Å². The van der Waals surface area contributed by atoms with E-state index in [4.69, 9.17) is 0 Å². The normalized spacial score (nSPS) is 13.6. The van der Waals surface area contributed by atoms with Gasteiger partial charge in [-0.25, -0.2) is 4.39 Å². The summed E-state index contributed by atoms with van der Waals surface area (Å²) in [5.74, 6) is -0.376. The molecule has 1 amide bonds. The van der Waals surface area contributed by atoms with Gasteiger partial charge in [0.05, 0.1) is 6.54 Å². The van der Waals surface area contributed by atoms with Crippen molar-refractivity contribution in [2.24, 2.45) is 0 Å². The molecule has 4 heteroatoms. The first-order valence-corrected chi connectivity index (χ1v) is 6.44. The average Bonchev–Trinajstić information content (AvgIpc) is 2.75. The van der Waals surface area contributed by atoms with Crippen molar-refractivity contribution < 1.29 is 9.18 Å². The fraction of sp³-hybridized carbons (Fsp3) is 0.188. The summed E-state index contributed by atoms with van der Waals surface area (Å²) in [5, 5.41) is 0. The van der Waals surface area contributed by atoms with Crippen molar-refractivity contribution in [3.05, 3.63) is 59.4 Å². The van der Waals surface area contributed by atoms with Gasteiger partial charge in [0.1, 0.15) is 5.82 Å². The molecule has 0 unspecified atom stereocenters. The van der Waals surface area contributed by atoms with Gasteiger partial charge in [-0.15, -0.1) is 0 Å². The lowest BCUT2D eigenvalue weighted by molar-refractivity contribution is 0.0996. The summed E-state index contributed by atoms with van der Waals surface area (Å²) in [6.07, 6.45) is 0. The molecule has 0 radical (unpaired) electrons. The third-order valence-electron chi connectivity index (χ3n) is 3.55. The van der Waals surface area contributed by atoms with Gasteiger partial charge in [-0.05, 0) is 48.0 Å². The summed E-state index contributed by atoms with van der Waals surface area (Å²) in [5.41, 5.74) is 3.23. The lowest BCUT2D eigenvalue weighted by Gasteiger charge is -2.18. The summed E-state index contributed by atoms with van der Waals surface area (Å²) < 4.78 is 13.2. The summed E-state index contributed by atoms with van der Waals surface area (Å²) >= 11 is 0. The van der Waals surface area contributed by atoms with Gasteiger partial charge in [0.25, 0.3) is 5.91 Å². The molecule has 1 heterocycles. The Hall–Kier alpha value is -2.36. The Morgan fingerprint density at radius 3 is 2.45 bits per heavy atom. The number of rotatable bonds is 2. The molecular formula is C16H15FN2O. The van der Waals surface area contributed by atoms with Crippen LogP contribution in [0.5, 0.6) is 0 Å². The van der Waals surface area contributed by atoms with E-state index in [0.717, 1.165) is 16.9 Å². The van der Waals surface area contributed by atoms with Crippen LogP contribution in [0.3, 0.4) is 0 Å². The van der Waals surface area contributed by atoms with Crippen LogP contribution in [-0.2, 0) is 6.54 Å². The minimum absolute atomic E-state index is 0.0717. The smallest absolute Gasteiger partial charge is 0.258 e. The van der Waals surface area contributed by atoms with E-state index >= 15 is 0 Å². The Kier molecular flexibility index (Phi) is 2.93. The van der Waals surface area contributed by atoms with E-state index in [9.17, 15) is 9.18 Å². The summed E-state index contributed by atoms with van der Waals surface area (Å²) in [7, 11) is 3.93. The molecule has 1 aliphatic rings. The molecular weight excluding hydrogens is 255 g/mol. The zero-order chi connectivity index (χ0) is 14.3. The van der Waals surface area contributed by atoms with Crippen LogP contribution >= 0.6 is 0 Å². The highest BCUT2D eigenvalue weighted by Gasteiger charge is 2.28. The average molecular weight is 270 g/mol. The topological polar surface area (TPSA) is 23.6 Å². The predicted octanol–water partition coefficient (Wildman–Crippen LogP) is 3.05. The van der Waals surface area contributed by atoms with Gasteiger partial charge in [-0.2, -0.15) is 0 Å². The van der Waals surface area contributed by atoms with Crippen LogP contribution in [0, 0.1) is 5.82 Å². The van der Waals surface area contributed by atoms with Gasteiger partial charge in [0, 0.05) is 31.0 Å². The molecule has 3 nitrogen and oxygen atoms in total. The van der Waals surface area contributed by atoms with Crippen molar-refractivity contribution in [2.75, 3.05) is 23.9 Å². The molecule has 0 bridgehead atoms. The van der Waals surface area contributed by atoms with Crippen molar-refractivity contribution in [1.82, 2.24) is 0 Å². The molecule has 0 fully saturated rings. The maximum Gasteiger partial charge on any atom is 0.258 e. The van der Waals surface area contributed by atoms with Gasteiger partial charge in [-0.1, -0.05) is 0 Å². The number of amides is 1. The molecule has 2 aromatic carbocycles. The van der Waals surface area contributed by atoms with Crippen LogP contribution in [0.1, 0.15) is 15.9 Å². The lowest BCUT2D eigenvalue weighted by atomic mass is 10.1. The van der Waals surface area contributed by atoms with Crippen LogP contribution in [0.25, 0.3) is 0 Å². The van der Waals surface area contributed by atoms with E-state index in [1.54, 1.807) is 11.0 Å². The van der Waals surface area contributed by atoms with Crippen molar-refractivity contribution in [3.8, 4) is 0 Å². The highest BCUT2D eigenvalue weighted by molar-refractivity contribution is 6.10. The van der Waals surface area contributed by atoms with Crippen LogP contribution in [0.15, 0.2) is 42.5 Å². The van der Waals surface area contributed by atoms with E-state index < -0.39 is 0 Å². The molecule has 0 saturated carbocycles. The van der Waals surface area contributed by atoms with Crippen molar-refractivity contribution in [2.45, 2.75) is 6.54 Å². The van der Waals surface area contributed by atoms with E-state index in [1.165, 1.54) is 12.1 Å². The second-order valence-corrected chi connectivity index (χ2v) is 5.10. The van der Waals surface area contributed by atoms with Crippen LogP contribution in [0.4, 0.5) is 15.8 Å². The molecule has 20 heavy (non-hydrogen) atoms. The molecule has 2 aromatic rings. The van der Waals surface area contributed by atoms with E-state index in [0.29, 0.717) is 12.1 Å². The minimum Gasteiger partial charge on any atom is -0.378 e. The quantitative estimate of drug-likeness (QED) is 0.837. The van der Waals surface area contributed by atoms with Gasteiger partial charge in [0.2, 0.25) is 0 Å². The summed E-state index contributed by atoms with van der Waals surface area (Å²) in [4.78, 5) is 16.0. The number of carbonyl (C=O) groups is 1. The van der Waals surface area contributed by atoms with Gasteiger partial charge in [-0.3, -0.25) is 4.79 Å². The first-order chi connectivity index (χ1) is 9.56. The molecule has 0 aromatic heterocycles. The lowest BCUT2D eigenvalue weighted by Crippen LogP contribution is -2.23. The number of hydrogen-bond acceptors (Lipinski definition) is 2. The first kappa shape index (κ1) is 12.7. The van der Waals surface area contributed by atoms with Crippen molar-refractivity contribution in [1.29, 1.82) is 0 Å². The Balaban J connectivity index is 1.92. The Labute approximate surface area is 117 Å². The minimum atomic E-state index is -0.304. The molecule has 102 valence electrons. The largest absolute Gasteiger partial charge is 0.378 e. The second-order valence-electron chi connectivity index (χ2n) is 5.10. The monoisotopic (exact) mass is 270 g/mol. The Morgan fingerprint density at radius 2 is 1.80 bits per heavy atom. The second kappa shape index (κ2) is 4.63. The summed E-state index contributed by atoms with van der Waals surface area (Å²) in [6, 6.07) is 12.1.